The molecule has 1 saturated heterocycles. The van der Waals surface area contributed by atoms with Gasteiger partial charge >= 0.3 is 0 Å². The third-order valence-electron chi connectivity index (χ3n) is 5.74. The van der Waals surface area contributed by atoms with Crippen molar-refractivity contribution in [2.24, 2.45) is 0 Å². The van der Waals surface area contributed by atoms with Crippen molar-refractivity contribution in [1.29, 1.82) is 0 Å². The van der Waals surface area contributed by atoms with Crippen LogP contribution in [-0.2, 0) is 16.1 Å². The molecule has 0 aliphatic carbocycles. The zero-order chi connectivity index (χ0) is 27.2. The van der Waals surface area contributed by atoms with E-state index in [1.54, 1.807) is 24.3 Å². The van der Waals surface area contributed by atoms with Gasteiger partial charge < -0.3 is 14.8 Å². The Bertz CT molecular complexity index is 1420. The second-order valence-electron chi connectivity index (χ2n) is 8.65. The van der Waals surface area contributed by atoms with E-state index in [-0.39, 0.29) is 30.2 Å². The van der Waals surface area contributed by atoms with Gasteiger partial charge in [-0.05, 0) is 79.6 Å². The minimum absolute atomic E-state index is 0.185. The highest BCUT2D eigenvalue weighted by molar-refractivity contribution is 9.10. The number of aryl methyl sites for hydroxylation is 2. The molecule has 0 aromatic heterocycles. The summed E-state index contributed by atoms with van der Waals surface area (Å²) >= 11 is 4.36. The summed E-state index contributed by atoms with van der Waals surface area (Å²) in [6, 6.07) is 18.4. The minimum atomic E-state index is -0.350. The van der Waals surface area contributed by atoms with Crippen molar-refractivity contribution in [2.45, 2.75) is 27.3 Å². The monoisotopic (exact) mass is 594 g/mol. The van der Waals surface area contributed by atoms with Crippen LogP contribution in [0.2, 0.25) is 0 Å². The van der Waals surface area contributed by atoms with Gasteiger partial charge in [0.25, 0.3) is 17.1 Å². The van der Waals surface area contributed by atoms with Crippen molar-refractivity contribution in [3.05, 3.63) is 92.3 Å². The van der Waals surface area contributed by atoms with Gasteiger partial charge in [-0.25, -0.2) is 0 Å². The average Bonchev–Trinajstić information content (AvgIpc) is 3.14. The number of nitrogens with one attached hydrogen (secondary N) is 1. The fourth-order valence-electron chi connectivity index (χ4n) is 3.87. The molecule has 1 N–H and O–H groups in total. The topological polar surface area (TPSA) is 84.9 Å². The highest BCUT2D eigenvalue weighted by Crippen LogP contribution is 2.36. The Morgan fingerprint density at radius 3 is 2.55 bits per heavy atom. The minimum Gasteiger partial charge on any atom is -0.490 e. The van der Waals surface area contributed by atoms with Crippen LogP contribution in [0.3, 0.4) is 0 Å². The van der Waals surface area contributed by atoms with Crippen molar-refractivity contribution >= 4 is 56.5 Å². The number of halogens is 1. The molecule has 3 aromatic rings. The lowest BCUT2D eigenvalue weighted by molar-refractivity contribution is -0.123. The molecule has 3 amide bonds. The number of benzene rings is 3. The summed E-state index contributed by atoms with van der Waals surface area (Å²) < 4.78 is 12.3. The molecule has 0 atom stereocenters. The molecule has 4 rings (SSSR count). The summed E-state index contributed by atoms with van der Waals surface area (Å²) in [5, 5.41) is 2.54. The van der Waals surface area contributed by atoms with Gasteiger partial charge in [0.2, 0.25) is 0 Å². The quantitative estimate of drug-likeness (QED) is 0.277. The molecule has 9 heteroatoms. The lowest BCUT2D eigenvalue weighted by atomic mass is 10.1. The number of nitrogens with zero attached hydrogens (tertiary/aromatic N) is 1. The van der Waals surface area contributed by atoms with E-state index in [4.69, 9.17) is 9.47 Å². The Kier molecular flexibility index (Phi) is 8.91. The predicted molar refractivity (Wildman–Crippen MR) is 153 cm³/mol. The Labute approximate surface area is 234 Å². The number of carbonyl (C=O) groups excluding carboxylic acids is 3. The number of ether oxygens (including phenoxy) is 2. The Morgan fingerprint density at radius 1 is 1.03 bits per heavy atom. The van der Waals surface area contributed by atoms with Gasteiger partial charge in [-0.3, -0.25) is 19.3 Å². The SMILES string of the molecule is CCOc1cc(/C=C2\SC(=O)N(Cc3ccccc3Br)C2=O)ccc1OCC(=O)Nc1ccc(C)cc1C. The third kappa shape index (κ3) is 6.65. The van der Waals surface area contributed by atoms with Gasteiger partial charge in [-0.15, -0.1) is 0 Å². The van der Waals surface area contributed by atoms with Gasteiger partial charge in [-0.1, -0.05) is 57.9 Å². The molecule has 0 unspecified atom stereocenters. The van der Waals surface area contributed by atoms with Crippen LogP contribution in [0.5, 0.6) is 11.5 Å². The standard InChI is InChI=1S/C29H27BrN2O5S/c1-4-36-25-14-20(10-12-24(25)37-17-27(33)31-23-11-9-18(2)13-19(23)3)15-26-28(34)32(29(35)38-26)16-21-7-5-6-8-22(21)30/h5-15H,4,16-17H2,1-3H3,(H,31,33)/b26-15-. The number of anilines is 1. The van der Waals surface area contributed by atoms with E-state index in [1.165, 1.54) is 4.90 Å². The van der Waals surface area contributed by atoms with Crippen LogP contribution in [0.1, 0.15) is 29.2 Å². The predicted octanol–water partition coefficient (Wildman–Crippen LogP) is 6.72. The maximum absolute atomic E-state index is 13.0. The highest BCUT2D eigenvalue weighted by atomic mass is 79.9. The van der Waals surface area contributed by atoms with E-state index in [0.717, 1.165) is 38.6 Å². The van der Waals surface area contributed by atoms with E-state index in [1.807, 2.05) is 63.2 Å². The maximum atomic E-state index is 13.0. The molecule has 0 bridgehead atoms. The first kappa shape index (κ1) is 27.5. The van der Waals surface area contributed by atoms with E-state index in [2.05, 4.69) is 21.2 Å². The van der Waals surface area contributed by atoms with Crippen LogP contribution in [0.4, 0.5) is 10.5 Å². The molecule has 1 aliphatic heterocycles. The number of amides is 3. The van der Waals surface area contributed by atoms with Crippen molar-refractivity contribution in [3.63, 3.8) is 0 Å². The molecule has 0 saturated carbocycles. The summed E-state index contributed by atoms with van der Waals surface area (Å²) in [4.78, 5) is 39.6. The zero-order valence-corrected chi connectivity index (χ0v) is 23.6. The first-order chi connectivity index (χ1) is 18.2. The van der Waals surface area contributed by atoms with E-state index in [9.17, 15) is 14.4 Å². The van der Waals surface area contributed by atoms with Crippen molar-refractivity contribution in [2.75, 3.05) is 18.5 Å². The fraction of sp³-hybridized carbons (Fsp3) is 0.207. The smallest absolute Gasteiger partial charge is 0.293 e. The Balaban J connectivity index is 1.45. The second kappa shape index (κ2) is 12.3. The summed E-state index contributed by atoms with van der Waals surface area (Å²) in [6.07, 6.45) is 1.66. The molecule has 1 aliphatic rings. The van der Waals surface area contributed by atoms with Gasteiger partial charge in [0.05, 0.1) is 18.1 Å². The van der Waals surface area contributed by atoms with Crippen LogP contribution in [-0.4, -0.2) is 35.2 Å². The summed E-state index contributed by atoms with van der Waals surface area (Å²) in [7, 11) is 0. The molecule has 38 heavy (non-hydrogen) atoms. The van der Waals surface area contributed by atoms with Crippen LogP contribution >= 0.6 is 27.7 Å². The number of hydrogen-bond donors (Lipinski definition) is 1. The van der Waals surface area contributed by atoms with Crippen molar-refractivity contribution in [1.82, 2.24) is 4.90 Å². The second-order valence-corrected chi connectivity index (χ2v) is 10.5. The van der Waals surface area contributed by atoms with Gasteiger partial charge in [-0.2, -0.15) is 0 Å². The van der Waals surface area contributed by atoms with E-state index in [0.29, 0.717) is 28.6 Å². The largest absolute Gasteiger partial charge is 0.490 e. The molecule has 3 aromatic carbocycles. The fourth-order valence-corrected chi connectivity index (χ4v) is 5.12. The number of carbonyl (C=O) groups is 3. The summed E-state index contributed by atoms with van der Waals surface area (Å²) in [5.41, 5.74) is 4.34. The molecular weight excluding hydrogens is 568 g/mol. The molecule has 7 nitrogen and oxygen atoms in total. The van der Waals surface area contributed by atoms with Crippen molar-refractivity contribution < 1.29 is 23.9 Å². The first-order valence-electron chi connectivity index (χ1n) is 12.0. The average molecular weight is 596 g/mol. The van der Waals surface area contributed by atoms with E-state index >= 15 is 0 Å². The molecule has 1 fully saturated rings. The zero-order valence-electron chi connectivity index (χ0n) is 21.2. The normalized spacial score (nSPS) is 14.2. The third-order valence-corrected chi connectivity index (χ3v) is 7.42. The maximum Gasteiger partial charge on any atom is 0.293 e. The van der Waals surface area contributed by atoms with E-state index < -0.39 is 0 Å². The molecule has 1 heterocycles. The van der Waals surface area contributed by atoms with Gasteiger partial charge in [0.1, 0.15) is 0 Å². The number of imide groups is 1. The first-order valence-corrected chi connectivity index (χ1v) is 13.6. The summed E-state index contributed by atoms with van der Waals surface area (Å²) in [6.45, 7) is 6.15. The van der Waals surface area contributed by atoms with Crippen LogP contribution in [0.15, 0.2) is 70.0 Å². The Morgan fingerprint density at radius 2 is 1.82 bits per heavy atom. The van der Waals surface area contributed by atoms with Crippen LogP contribution in [0, 0.1) is 13.8 Å². The molecular formula is C29H27BrN2O5S. The molecule has 0 radical (unpaired) electrons. The van der Waals surface area contributed by atoms with Crippen LogP contribution < -0.4 is 14.8 Å². The number of rotatable bonds is 9. The summed E-state index contributed by atoms with van der Waals surface area (Å²) in [5.74, 6) is 0.203. The molecule has 0 spiro atoms. The van der Waals surface area contributed by atoms with Gasteiger partial charge in [0.15, 0.2) is 18.1 Å². The number of thioether (sulfide) groups is 1. The highest BCUT2D eigenvalue weighted by Gasteiger charge is 2.35. The van der Waals surface area contributed by atoms with Gasteiger partial charge in [0, 0.05) is 10.2 Å². The number of hydrogen-bond acceptors (Lipinski definition) is 6. The lowest BCUT2D eigenvalue weighted by Crippen LogP contribution is -2.27. The molecule has 196 valence electrons. The lowest BCUT2D eigenvalue weighted by Gasteiger charge is -2.14. The Hall–Kier alpha value is -3.56. The van der Waals surface area contributed by atoms with Crippen molar-refractivity contribution in [3.8, 4) is 11.5 Å². The van der Waals surface area contributed by atoms with Crippen LogP contribution in [0.25, 0.3) is 6.08 Å².